The molecule has 1 N–H and O–H groups in total. The van der Waals surface area contributed by atoms with Gasteiger partial charge in [-0.05, 0) is 53.1 Å². The fraction of sp³-hybridized carbons (Fsp3) is 0.217. The first-order valence-electron chi connectivity index (χ1n) is 9.45. The Bertz CT molecular complexity index is 1030. The quantitative estimate of drug-likeness (QED) is 0.475. The van der Waals surface area contributed by atoms with Crippen molar-refractivity contribution >= 4 is 24.0 Å². The lowest BCUT2D eigenvalue weighted by atomic mass is 10.1. The molecular formula is C23H22Cl2FNO4. The zero-order valence-corrected chi connectivity index (χ0v) is 18.4. The van der Waals surface area contributed by atoms with Crippen molar-refractivity contribution in [2.45, 2.75) is 19.7 Å². The largest absolute Gasteiger partial charge is 0.493 e. The maximum atomic E-state index is 13.0. The van der Waals surface area contributed by atoms with Crippen molar-refractivity contribution in [3.05, 3.63) is 82.1 Å². The van der Waals surface area contributed by atoms with E-state index in [4.69, 9.17) is 30.5 Å². The van der Waals surface area contributed by atoms with Crippen LogP contribution in [0.25, 0.3) is 0 Å². The van der Waals surface area contributed by atoms with Gasteiger partial charge in [0.15, 0.2) is 23.0 Å². The van der Waals surface area contributed by atoms with Gasteiger partial charge in [-0.1, -0.05) is 29.8 Å². The van der Waals surface area contributed by atoms with Gasteiger partial charge in [0.05, 0.1) is 12.1 Å². The molecule has 1 aliphatic heterocycles. The van der Waals surface area contributed by atoms with Crippen molar-refractivity contribution in [2.24, 2.45) is 0 Å². The summed E-state index contributed by atoms with van der Waals surface area (Å²) >= 11 is 6.44. The van der Waals surface area contributed by atoms with Crippen LogP contribution in [0.15, 0.2) is 54.6 Å². The number of hydrogen-bond donors (Lipinski definition) is 1. The summed E-state index contributed by atoms with van der Waals surface area (Å²) < 4.78 is 35.1. The van der Waals surface area contributed by atoms with Gasteiger partial charge in [-0.3, -0.25) is 0 Å². The molecule has 31 heavy (non-hydrogen) atoms. The van der Waals surface area contributed by atoms with Crippen molar-refractivity contribution in [2.75, 3.05) is 13.9 Å². The van der Waals surface area contributed by atoms with E-state index in [9.17, 15) is 4.39 Å². The molecule has 3 aromatic rings. The van der Waals surface area contributed by atoms with Crippen LogP contribution in [0.4, 0.5) is 4.39 Å². The lowest BCUT2D eigenvalue weighted by Crippen LogP contribution is -2.13. The Morgan fingerprint density at radius 3 is 2.42 bits per heavy atom. The van der Waals surface area contributed by atoms with Crippen molar-refractivity contribution in [1.29, 1.82) is 0 Å². The first kappa shape index (κ1) is 23.0. The molecule has 0 amide bonds. The van der Waals surface area contributed by atoms with Crippen LogP contribution in [0, 0.1) is 5.82 Å². The first-order chi connectivity index (χ1) is 14.6. The highest BCUT2D eigenvalue weighted by Crippen LogP contribution is 2.37. The lowest BCUT2D eigenvalue weighted by Gasteiger charge is -2.15. The number of methoxy groups -OCH3 is 1. The summed E-state index contributed by atoms with van der Waals surface area (Å²) in [5.41, 5.74) is 2.90. The molecule has 0 radical (unpaired) electrons. The van der Waals surface area contributed by atoms with Crippen molar-refractivity contribution in [3.8, 4) is 23.0 Å². The van der Waals surface area contributed by atoms with Gasteiger partial charge in [0.1, 0.15) is 12.4 Å². The van der Waals surface area contributed by atoms with Crippen LogP contribution >= 0.6 is 24.0 Å². The van der Waals surface area contributed by atoms with Crippen LogP contribution in [0.3, 0.4) is 0 Å². The van der Waals surface area contributed by atoms with Crippen LogP contribution in [0.1, 0.15) is 16.7 Å². The van der Waals surface area contributed by atoms with E-state index in [0.29, 0.717) is 29.6 Å². The molecule has 5 nitrogen and oxygen atoms in total. The molecule has 0 fully saturated rings. The predicted molar refractivity (Wildman–Crippen MR) is 119 cm³/mol. The summed E-state index contributed by atoms with van der Waals surface area (Å²) in [6, 6.07) is 15.7. The van der Waals surface area contributed by atoms with Crippen molar-refractivity contribution in [1.82, 2.24) is 5.32 Å². The summed E-state index contributed by atoms with van der Waals surface area (Å²) in [6.07, 6.45) is 0. The molecule has 1 heterocycles. The summed E-state index contributed by atoms with van der Waals surface area (Å²) in [7, 11) is 1.57. The van der Waals surface area contributed by atoms with Gasteiger partial charge in [0.25, 0.3) is 0 Å². The van der Waals surface area contributed by atoms with E-state index in [1.54, 1.807) is 19.2 Å². The summed E-state index contributed by atoms with van der Waals surface area (Å²) in [4.78, 5) is 0. The average Bonchev–Trinajstić information content (AvgIpc) is 3.22. The minimum absolute atomic E-state index is 0. The Morgan fingerprint density at radius 2 is 1.65 bits per heavy atom. The van der Waals surface area contributed by atoms with Gasteiger partial charge in [-0.15, -0.1) is 12.4 Å². The molecule has 0 saturated carbocycles. The van der Waals surface area contributed by atoms with E-state index < -0.39 is 0 Å². The molecule has 4 rings (SSSR count). The normalized spacial score (nSPS) is 11.7. The van der Waals surface area contributed by atoms with Crippen LogP contribution in [-0.2, 0) is 19.7 Å². The first-order valence-corrected chi connectivity index (χ1v) is 9.83. The van der Waals surface area contributed by atoms with Gasteiger partial charge in [0, 0.05) is 13.1 Å². The number of nitrogens with one attached hydrogen (secondary N) is 1. The molecule has 0 atom stereocenters. The summed E-state index contributed by atoms with van der Waals surface area (Å²) in [6.45, 7) is 1.79. The minimum Gasteiger partial charge on any atom is -0.493 e. The van der Waals surface area contributed by atoms with E-state index >= 15 is 0 Å². The second-order valence-electron chi connectivity index (χ2n) is 6.82. The molecular weight excluding hydrogens is 444 g/mol. The Balaban J connectivity index is 0.00000272. The summed E-state index contributed by atoms with van der Waals surface area (Å²) in [5, 5.41) is 3.84. The number of ether oxygens (including phenoxy) is 4. The molecule has 164 valence electrons. The Kier molecular flexibility index (Phi) is 7.85. The molecule has 0 aromatic heterocycles. The van der Waals surface area contributed by atoms with Gasteiger partial charge in [-0.2, -0.15) is 0 Å². The number of fused-ring (bicyclic) bond motifs is 1. The van der Waals surface area contributed by atoms with Gasteiger partial charge in [-0.25, -0.2) is 4.39 Å². The third-order valence-electron chi connectivity index (χ3n) is 4.68. The molecule has 0 saturated heterocycles. The predicted octanol–water partition coefficient (Wildman–Crippen LogP) is 5.51. The summed E-state index contributed by atoms with van der Waals surface area (Å²) in [5.74, 6) is 2.26. The van der Waals surface area contributed by atoms with Crippen LogP contribution in [-0.4, -0.2) is 13.9 Å². The smallest absolute Gasteiger partial charge is 0.231 e. The Labute approximate surface area is 191 Å². The van der Waals surface area contributed by atoms with Gasteiger partial charge in [0.2, 0.25) is 6.79 Å². The van der Waals surface area contributed by atoms with Gasteiger partial charge >= 0.3 is 0 Å². The van der Waals surface area contributed by atoms with E-state index in [1.165, 1.54) is 12.1 Å². The standard InChI is InChI=1S/C23H21ClFNO4.ClH/c1-27-22-10-17(12-26-11-16-4-7-20-21(9-16)30-14-29-20)8-19(24)23(22)28-13-15-2-5-18(25)6-3-15;/h2-10,26H,11-14H2,1H3;1H. The van der Waals surface area contributed by atoms with Crippen LogP contribution in [0.5, 0.6) is 23.0 Å². The van der Waals surface area contributed by atoms with E-state index in [1.807, 2.05) is 30.3 Å². The van der Waals surface area contributed by atoms with Crippen molar-refractivity contribution < 1.29 is 23.3 Å². The van der Waals surface area contributed by atoms with Crippen LogP contribution in [0.2, 0.25) is 5.02 Å². The molecule has 3 aromatic carbocycles. The number of hydrogen-bond acceptors (Lipinski definition) is 5. The lowest BCUT2D eigenvalue weighted by molar-refractivity contribution is 0.174. The van der Waals surface area contributed by atoms with E-state index in [2.05, 4.69) is 5.32 Å². The zero-order chi connectivity index (χ0) is 20.9. The minimum atomic E-state index is -0.285. The Morgan fingerprint density at radius 1 is 0.935 bits per heavy atom. The second-order valence-corrected chi connectivity index (χ2v) is 7.22. The third-order valence-corrected chi connectivity index (χ3v) is 4.96. The average molecular weight is 466 g/mol. The highest BCUT2D eigenvalue weighted by atomic mass is 35.5. The SMILES string of the molecule is COc1cc(CNCc2ccc3c(c2)OCO3)cc(Cl)c1OCc1ccc(F)cc1.Cl. The molecule has 0 spiro atoms. The highest BCUT2D eigenvalue weighted by molar-refractivity contribution is 6.32. The van der Waals surface area contributed by atoms with Crippen LogP contribution < -0.4 is 24.3 Å². The maximum absolute atomic E-state index is 13.0. The number of rotatable bonds is 8. The molecule has 0 aliphatic carbocycles. The van der Waals surface area contributed by atoms with Crippen molar-refractivity contribution in [3.63, 3.8) is 0 Å². The fourth-order valence-electron chi connectivity index (χ4n) is 3.15. The zero-order valence-electron chi connectivity index (χ0n) is 16.8. The Hall–Kier alpha value is -2.67. The topological polar surface area (TPSA) is 49.0 Å². The monoisotopic (exact) mass is 465 g/mol. The maximum Gasteiger partial charge on any atom is 0.231 e. The van der Waals surface area contributed by atoms with E-state index in [-0.39, 0.29) is 31.6 Å². The molecule has 0 bridgehead atoms. The molecule has 8 heteroatoms. The fourth-order valence-corrected chi connectivity index (χ4v) is 3.44. The third kappa shape index (κ3) is 5.73. The number of halogens is 3. The second kappa shape index (κ2) is 10.6. The molecule has 0 unspecified atom stereocenters. The highest BCUT2D eigenvalue weighted by Gasteiger charge is 2.14. The molecule has 1 aliphatic rings. The van der Waals surface area contributed by atoms with Gasteiger partial charge < -0.3 is 24.3 Å². The number of benzene rings is 3. The van der Waals surface area contributed by atoms with E-state index in [0.717, 1.165) is 28.2 Å².